The lowest BCUT2D eigenvalue weighted by atomic mass is 9.98. The van der Waals surface area contributed by atoms with E-state index in [0.29, 0.717) is 22.6 Å². The molecule has 6 nitrogen and oxygen atoms in total. The Kier molecular flexibility index (Phi) is 4.09. The van der Waals surface area contributed by atoms with Crippen LogP contribution in [0.1, 0.15) is 28.8 Å². The van der Waals surface area contributed by atoms with Gasteiger partial charge in [0.2, 0.25) is 5.95 Å². The molecule has 0 atom stereocenters. The Morgan fingerprint density at radius 3 is 2.68 bits per heavy atom. The summed E-state index contributed by atoms with van der Waals surface area (Å²) in [4.78, 5) is 23.7. The van der Waals surface area contributed by atoms with Gasteiger partial charge in [-0.2, -0.15) is 0 Å². The minimum absolute atomic E-state index is 0.0521. The quantitative estimate of drug-likeness (QED) is 0.803. The van der Waals surface area contributed by atoms with Gasteiger partial charge in [-0.3, -0.25) is 4.79 Å². The predicted octanol–water partition coefficient (Wildman–Crippen LogP) is 2.74. The standard InChI is InChI=1S/C19H19N3O3/c1-24-16-6-4-5-15-17(23)14(12-25-18(15)16)9-13-10-20-19(21-11-13)22-7-2-3-8-22/h4-6,9-11H,2-3,7-8,12H2,1H3/b14-9+. The van der Waals surface area contributed by atoms with Crippen LogP contribution in [0.25, 0.3) is 6.08 Å². The smallest absolute Gasteiger partial charge is 0.225 e. The number of carbonyl (C=O) groups is 1. The second kappa shape index (κ2) is 6.55. The van der Waals surface area contributed by atoms with Gasteiger partial charge in [0.15, 0.2) is 17.3 Å². The first-order valence-electron chi connectivity index (χ1n) is 8.38. The summed E-state index contributed by atoms with van der Waals surface area (Å²) in [5.41, 5.74) is 1.89. The van der Waals surface area contributed by atoms with Crippen molar-refractivity contribution < 1.29 is 14.3 Å². The van der Waals surface area contributed by atoms with E-state index in [1.807, 2.05) is 0 Å². The summed E-state index contributed by atoms with van der Waals surface area (Å²) in [7, 11) is 1.56. The molecule has 2 aliphatic rings. The maximum absolute atomic E-state index is 12.7. The number of fused-ring (bicyclic) bond motifs is 1. The number of Topliss-reactive ketones (excluding diaryl/α,β-unsaturated/α-hetero) is 1. The number of anilines is 1. The molecule has 2 aliphatic heterocycles. The molecule has 0 aliphatic carbocycles. The maximum atomic E-state index is 12.7. The molecule has 4 rings (SSSR count). The highest BCUT2D eigenvalue weighted by molar-refractivity contribution is 6.14. The Balaban J connectivity index is 1.58. The van der Waals surface area contributed by atoms with Gasteiger partial charge in [0.1, 0.15) is 6.61 Å². The lowest BCUT2D eigenvalue weighted by molar-refractivity contribution is 0.0999. The molecule has 128 valence electrons. The topological polar surface area (TPSA) is 64.6 Å². The van der Waals surface area contributed by atoms with Crippen LogP contribution in [0, 0.1) is 0 Å². The summed E-state index contributed by atoms with van der Waals surface area (Å²) < 4.78 is 11.0. The fraction of sp³-hybridized carbons (Fsp3) is 0.316. The fourth-order valence-corrected chi connectivity index (χ4v) is 3.19. The minimum atomic E-state index is -0.0521. The van der Waals surface area contributed by atoms with Gasteiger partial charge in [0.25, 0.3) is 0 Å². The molecule has 1 aromatic carbocycles. The van der Waals surface area contributed by atoms with Crippen molar-refractivity contribution in [2.45, 2.75) is 12.8 Å². The lowest BCUT2D eigenvalue weighted by Crippen LogP contribution is -2.20. The van der Waals surface area contributed by atoms with Crippen LogP contribution in [-0.2, 0) is 0 Å². The van der Waals surface area contributed by atoms with Gasteiger partial charge < -0.3 is 14.4 Å². The number of aromatic nitrogens is 2. The first-order valence-corrected chi connectivity index (χ1v) is 8.38. The average molecular weight is 337 g/mol. The highest BCUT2D eigenvalue weighted by Gasteiger charge is 2.26. The normalized spacial score (nSPS) is 18.2. The molecule has 25 heavy (non-hydrogen) atoms. The van der Waals surface area contributed by atoms with Crippen LogP contribution >= 0.6 is 0 Å². The van der Waals surface area contributed by atoms with Crippen molar-refractivity contribution in [3.8, 4) is 11.5 Å². The van der Waals surface area contributed by atoms with Crippen LogP contribution in [0.3, 0.4) is 0 Å². The van der Waals surface area contributed by atoms with Crippen LogP contribution in [0.15, 0.2) is 36.2 Å². The molecule has 0 unspecified atom stereocenters. The number of carbonyl (C=O) groups excluding carboxylic acids is 1. The molecule has 2 aromatic rings. The number of nitrogens with zero attached hydrogens (tertiary/aromatic N) is 3. The summed E-state index contributed by atoms with van der Waals surface area (Å²) in [6.07, 6.45) is 7.66. The van der Waals surface area contributed by atoms with E-state index in [-0.39, 0.29) is 12.4 Å². The number of hydrogen-bond acceptors (Lipinski definition) is 6. The van der Waals surface area contributed by atoms with Gasteiger partial charge in [-0.1, -0.05) is 6.07 Å². The summed E-state index contributed by atoms with van der Waals surface area (Å²) >= 11 is 0. The second-order valence-corrected chi connectivity index (χ2v) is 6.13. The Morgan fingerprint density at radius 2 is 1.96 bits per heavy atom. The van der Waals surface area contributed by atoms with Gasteiger partial charge in [-0.05, 0) is 31.1 Å². The molecule has 0 radical (unpaired) electrons. The molecular weight excluding hydrogens is 318 g/mol. The van der Waals surface area contributed by atoms with Gasteiger partial charge in [0, 0.05) is 36.6 Å². The monoisotopic (exact) mass is 337 g/mol. The predicted molar refractivity (Wildman–Crippen MR) is 94.3 cm³/mol. The SMILES string of the molecule is COc1cccc2c1OC/C(=C\c1cnc(N3CCCC3)nc1)C2=O. The molecule has 6 heteroatoms. The molecule has 3 heterocycles. The van der Waals surface area contributed by atoms with E-state index >= 15 is 0 Å². The maximum Gasteiger partial charge on any atom is 0.225 e. The van der Waals surface area contributed by atoms with Crippen molar-refractivity contribution in [2.75, 3.05) is 31.7 Å². The first kappa shape index (κ1) is 15.6. The third kappa shape index (κ3) is 2.95. The van der Waals surface area contributed by atoms with Gasteiger partial charge in [0.05, 0.1) is 12.7 Å². The van der Waals surface area contributed by atoms with Crippen LogP contribution < -0.4 is 14.4 Å². The van der Waals surface area contributed by atoms with Crippen LogP contribution in [0.5, 0.6) is 11.5 Å². The third-order valence-corrected chi connectivity index (χ3v) is 4.50. The summed E-state index contributed by atoms with van der Waals surface area (Å²) in [6, 6.07) is 5.32. The number of para-hydroxylation sites is 1. The Bertz CT molecular complexity index is 824. The van der Waals surface area contributed by atoms with Crippen molar-refractivity contribution in [1.82, 2.24) is 9.97 Å². The largest absolute Gasteiger partial charge is 0.493 e. The number of benzene rings is 1. The van der Waals surface area contributed by atoms with Crippen molar-refractivity contribution in [3.05, 3.63) is 47.3 Å². The lowest BCUT2D eigenvalue weighted by Gasteiger charge is -2.20. The Morgan fingerprint density at radius 1 is 1.20 bits per heavy atom. The zero-order chi connectivity index (χ0) is 17.2. The van der Waals surface area contributed by atoms with Crippen molar-refractivity contribution >= 4 is 17.8 Å². The first-order chi connectivity index (χ1) is 12.3. The minimum Gasteiger partial charge on any atom is -0.493 e. The van der Waals surface area contributed by atoms with E-state index in [4.69, 9.17) is 9.47 Å². The van der Waals surface area contributed by atoms with Crippen LogP contribution in [0.2, 0.25) is 0 Å². The molecule has 0 spiro atoms. The summed E-state index contributed by atoms with van der Waals surface area (Å²) in [5, 5.41) is 0. The number of ether oxygens (including phenoxy) is 2. The zero-order valence-electron chi connectivity index (χ0n) is 14.1. The fourth-order valence-electron chi connectivity index (χ4n) is 3.19. The molecule has 0 N–H and O–H groups in total. The summed E-state index contributed by atoms with van der Waals surface area (Å²) in [6.45, 7) is 2.22. The van der Waals surface area contributed by atoms with Gasteiger partial charge in [-0.25, -0.2) is 9.97 Å². The molecule has 0 bridgehead atoms. The van der Waals surface area contributed by atoms with E-state index in [1.165, 1.54) is 12.8 Å². The number of hydrogen-bond donors (Lipinski definition) is 0. The van der Waals surface area contributed by atoms with E-state index in [2.05, 4.69) is 14.9 Å². The Hall–Kier alpha value is -2.89. The van der Waals surface area contributed by atoms with Crippen molar-refractivity contribution in [1.29, 1.82) is 0 Å². The van der Waals surface area contributed by atoms with Crippen LogP contribution in [-0.4, -0.2) is 42.6 Å². The molecule has 0 saturated carbocycles. The van der Waals surface area contributed by atoms with E-state index in [9.17, 15) is 4.79 Å². The van der Waals surface area contributed by atoms with E-state index in [1.54, 1.807) is 43.8 Å². The highest BCUT2D eigenvalue weighted by atomic mass is 16.5. The number of methoxy groups -OCH3 is 1. The summed E-state index contributed by atoms with van der Waals surface area (Å²) in [5.74, 6) is 1.78. The number of ketones is 1. The van der Waals surface area contributed by atoms with E-state index < -0.39 is 0 Å². The van der Waals surface area contributed by atoms with E-state index in [0.717, 1.165) is 24.6 Å². The average Bonchev–Trinajstić information content (AvgIpc) is 3.19. The molecule has 0 amide bonds. The molecule has 1 fully saturated rings. The molecule has 1 aromatic heterocycles. The zero-order valence-corrected chi connectivity index (χ0v) is 14.1. The molecular formula is C19H19N3O3. The van der Waals surface area contributed by atoms with Crippen molar-refractivity contribution in [2.24, 2.45) is 0 Å². The molecule has 1 saturated heterocycles. The number of rotatable bonds is 3. The van der Waals surface area contributed by atoms with Crippen LogP contribution in [0.4, 0.5) is 5.95 Å². The highest BCUT2D eigenvalue weighted by Crippen LogP contribution is 2.36. The van der Waals surface area contributed by atoms with Gasteiger partial charge >= 0.3 is 0 Å². The Labute approximate surface area is 146 Å². The second-order valence-electron chi connectivity index (χ2n) is 6.13. The van der Waals surface area contributed by atoms with Crippen molar-refractivity contribution in [3.63, 3.8) is 0 Å². The van der Waals surface area contributed by atoms with Gasteiger partial charge in [-0.15, -0.1) is 0 Å². The third-order valence-electron chi connectivity index (χ3n) is 4.50.